The van der Waals surface area contributed by atoms with Gasteiger partial charge in [0.15, 0.2) is 0 Å². The molecule has 0 radical (unpaired) electrons. The molecule has 0 unspecified atom stereocenters. The minimum atomic E-state index is 0.955. The van der Waals surface area contributed by atoms with Crippen molar-refractivity contribution in [2.24, 2.45) is 0 Å². The summed E-state index contributed by atoms with van der Waals surface area (Å²) in [5.74, 6) is 0. The zero-order valence-electron chi connectivity index (χ0n) is 11.8. The molecular formula is C19H19N. The number of hydrogen-bond donors (Lipinski definition) is 1. The van der Waals surface area contributed by atoms with E-state index in [2.05, 4.69) is 79.0 Å². The molecule has 0 aliphatic carbocycles. The second-order valence-corrected chi connectivity index (χ2v) is 5.19. The van der Waals surface area contributed by atoms with Crippen LogP contribution < -0.4 is 5.32 Å². The van der Waals surface area contributed by atoms with Crippen LogP contribution in [0.15, 0.2) is 66.7 Å². The van der Waals surface area contributed by atoms with E-state index < -0.39 is 0 Å². The number of hydrogen-bond acceptors (Lipinski definition) is 1. The fourth-order valence-corrected chi connectivity index (χ4v) is 2.48. The molecule has 0 aliphatic heterocycles. The van der Waals surface area contributed by atoms with Crippen molar-refractivity contribution in [1.29, 1.82) is 0 Å². The van der Waals surface area contributed by atoms with Crippen LogP contribution in [0.3, 0.4) is 0 Å². The summed E-state index contributed by atoms with van der Waals surface area (Å²) >= 11 is 0. The van der Waals surface area contributed by atoms with Gasteiger partial charge < -0.3 is 5.32 Å². The number of benzene rings is 3. The zero-order valence-corrected chi connectivity index (χ0v) is 11.8. The lowest BCUT2D eigenvalue weighted by atomic mass is 10.1. The smallest absolute Gasteiger partial charge is 0.0419 e. The summed E-state index contributed by atoms with van der Waals surface area (Å²) in [5.41, 5.74) is 3.91. The predicted molar refractivity (Wildman–Crippen MR) is 87.3 cm³/mol. The minimum Gasteiger partial charge on any atom is -0.384 e. The van der Waals surface area contributed by atoms with E-state index in [0.29, 0.717) is 0 Å². The van der Waals surface area contributed by atoms with Gasteiger partial charge in [0.05, 0.1) is 0 Å². The maximum absolute atomic E-state index is 3.55. The molecule has 3 aromatic rings. The molecule has 1 heteroatoms. The first-order chi connectivity index (χ1) is 9.83. The number of aryl methyl sites for hydroxylation is 1. The maximum atomic E-state index is 3.55. The summed E-state index contributed by atoms with van der Waals surface area (Å²) in [6.07, 6.45) is 1.05. The highest BCUT2D eigenvalue weighted by atomic mass is 14.9. The number of nitrogens with one attached hydrogen (secondary N) is 1. The Balaban J connectivity index is 1.69. The van der Waals surface area contributed by atoms with E-state index in [1.54, 1.807) is 0 Å². The van der Waals surface area contributed by atoms with E-state index in [1.807, 2.05) is 0 Å². The van der Waals surface area contributed by atoms with Gasteiger partial charge in [-0.25, -0.2) is 0 Å². The van der Waals surface area contributed by atoms with E-state index in [4.69, 9.17) is 0 Å². The van der Waals surface area contributed by atoms with Gasteiger partial charge in [-0.15, -0.1) is 0 Å². The Morgan fingerprint density at radius 2 is 1.55 bits per heavy atom. The molecule has 1 N–H and O–H groups in total. The average molecular weight is 261 g/mol. The molecule has 0 heterocycles. The fourth-order valence-electron chi connectivity index (χ4n) is 2.48. The molecule has 0 aliphatic rings. The van der Waals surface area contributed by atoms with Crippen molar-refractivity contribution >= 4 is 16.5 Å². The van der Waals surface area contributed by atoms with Crippen molar-refractivity contribution in [3.8, 4) is 0 Å². The molecule has 0 spiro atoms. The summed E-state index contributed by atoms with van der Waals surface area (Å²) in [7, 11) is 0. The van der Waals surface area contributed by atoms with Crippen LogP contribution in [-0.4, -0.2) is 6.54 Å². The molecule has 0 aromatic heterocycles. The second-order valence-electron chi connectivity index (χ2n) is 5.19. The Bertz CT molecular complexity index is 693. The normalized spacial score (nSPS) is 10.7. The average Bonchev–Trinajstić information content (AvgIpc) is 2.49. The van der Waals surface area contributed by atoms with Crippen LogP contribution in [-0.2, 0) is 6.42 Å². The molecule has 0 saturated carbocycles. The number of fused-ring (bicyclic) bond motifs is 1. The van der Waals surface area contributed by atoms with Gasteiger partial charge in [0.1, 0.15) is 0 Å². The summed E-state index contributed by atoms with van der Waals surface area (Å²) in [6.45, 7) is 3.08. The molecule has 3 aromatic carbocycles. The standard InChI is InChI=1S/C19H19N/c1-15-9-11-16(12-10-15)13-14-20-19-8-4-6-17-5-2-3-7-18(17)19/h2-12,20H,13-14H2,1H3. The van der Waals surface area contributed by atoms with E-state index in [-0.39, 0.29) is 0 Å². The third-order valence-corrected chi connectivity index (χ3v) is 3.64. The highest BCUT2D eigenvalue weighted by molar-refractivity contribution is 5.93. The van der Waals surface area contributed by atoms with Crippen molar-refractivity contribution in [1.82, 2.24) is 0 Å². The van der Waals surface area contributed by atoms with Crippen LogP contribution >= 0.6 is 0 Å². The molecule has 0 saturated heterocycles. The Morgan fingerprint density at radius 3 is 2.40 bits per heavy atom. The number of rotatable bonds is 4. The predicted octanol–water partition coefficient (Wildman–Crippen LogP) is 4.80. The van der Waals surface area contributed by atoms with Crippen molar-refractivity contribution in [3.05, 3.63) is 77.9 Å². The molecule has 100 valence electrons. The van der Waals surface area contributed by atoms with Crippen molar-refractivity contribution in [2.45, 2.75) is 13.3 Å². The van der Waals surface area contributed by atoms with E-state index >= 15 is 0 Å². The second kappa shape index (κ2) is 5.79. The molecule has 20 heavy (non-hydrogen) atoms. The molecule has 1 nitrogen and oxygen atoms in total. The Kier molecular flexibility index (Phi) is 3.69. The van der Waals surface area contributed by atoms with Crippen LogP contribution in [0, 0.1) is 6.92 Å². The fraction of sp³-hybridized carbons (Fsp3) is 0.158. The van der Waals surface area contributed by atoms with Gasteiger partial charge in [-0.2, -0.15) is 0 Å². The topological polar surface area (TPSA) is 12.0 Å². The van der Waals surface area contributed by atoms with Gasteiger partial charge in [-0.1, -0.05) is 66.2 Å². The lowest BCUT2D eigenvalue weighted by Crippen LogP contribution is -2.05. The maximum Gasteiger partial charge on any atom is 0.0419 e. The molecular weight excluding hydrogens is 242 g/mol. The summed E-state index contributed by atoms with van der Waals surface area (Å²) < 4.78 is 0. The molecule has 0 amide bonds. The largest absolute Gasteiger partial charge is 0.384 e. The van der Waals surface area contributed by atoms with Crippen LogP contribution in [0.2, 0.25) is 0 Å². The zero-order chi connectivity index (χ0) is 13.8. The Morgan fingerprint density at radius 1 is 0.800 bits per heavy atom. The van der Waals surface area contributed by atoms with Gasteiger partial charge in [0.25, 0.3) is 0 Å². The van der Waals surface area contributed by atoms with Crippen LogP contribution in [0.25, 0.3) is 10.8 Å². The van der Waals surface area contributed by atoms with Gasteiger partial charge in [0, 0.05) is 17.6 Å². The van der Waals surface area contributed by atoms with E-state index in [0.717, 1.165) is 13.0 Å². The van der Waals surface area contributed by atoms with Crippen LogP contribution in [0.4, 0.5) is 5.69 Å². The van der Waals surface area contributed by atoms with Gasteiger partial charge >= 0.3 is 0 Å². The van der Waals surface area contributed by atoms with E-state index in [1.165, 1.54) is 27.6 Å². The van der Waals surface area contributed by atoms with Crippen molar-refractivity contribution < 1.29 is 0 Å². The number of anilines is 1. The third kappa shape index (κ3) is 2.83. The summed E-state index contributed by atoms with van der Waals surface area (Å²) in [6, 6.07) is 23.7. The molecule has 0 bridgehead atoms. The highest BCUT2D eigenvalue weighted by Gasteiger charge is 1.99. The summed E-state index contributed by atoms with van der Waals surface area (Å²) in [5, 5.41) is 6.13. The van der Waals surface area contributed by atoms with Gasteiger partial charge in [-0.3, -0.25) is 0 Å². The Hall–Kier alpha value is -2.28. The molecule has 0 fully saturated rings. The lowest BCUT2D eigenvalue weighted by Gasteiger charge is -2.10. The molecule has 0 atom stereocenters. The molecule has 3 rings (SSSR count). The highest BCUT2D eigenvalue weighted by Crippen LogP contribution is 2.22. The quantitative estimate of drug-likeness (QED) is 0.711. The first-order valence-electron chi connectivity index (χ1n) is 7.10. The van der Waals surface area contributed by atoms with E-state index in [9.17, 15) is 0 Å². The first-order valence-corrected chi connectivity index (χ1v) is 7.10. The first kappa shape index (κ1) is 12.7. The van der Waals surface area contributed by atoms with Crippen LogP contribution in [0.1, 0.15) is 11.1 Å². The summed E-state index contributed by atoms with van der Waals surface area (Å²) in [4.78, 5) is 0. The Labute approximate surface area is 120 Å². The SMILES string of the molecule is Cc1ccc(CCNc2cccc3ccccc23)cc1. The van der Waals surface area contributed by atoms with Crippen molar-refractivity contribution in [3.63, 3.8) is 0 Å². The van der Waals surface area contributed by atoms with Gasteiger partial charge in [0.2, 0.25) is 0 Å². The third-order valence-electron chi connectivity index (χ3n) is 3.64. The van der Waals surface area contributed by atoms with Crippen molar-refractivity contribution in [2.75, 3.05) is 11.9 Å². The van der Waals surface area contributed by atoms with Crippen LogP contribution in [0.5, 0.6) is 0 Å². The minimum absolute atomic E-state index is 0.955. The monoisotopic (exact) mass is 261 g/mol. The van der Waals surface area contributed by atoms with Gasteiger partial charge in [-0.05, 0) is 30.4 Å². The lowest BCUT2D eigenvalue weighted by molar-refractivity contribution is 1.02.